The van der Waals surface area contributed by atoms with Gasteiger partial charge in [0.05, 0.1) is 52.7 Å². The fraction of sp³-hybridized carbons (Fsp3) is 0.429. The summed E-state index contributed by atoms with van der Waals surface area (Å²) in [6, 6.07) is 9.65. The lowest BCUT2D eigenvalue weighted by atomic mass is 9.93. The second kappa shape index (κ2) is 11.7. The Balaban J connectivity index is 1.77. The van der Waals surface area contributed by atoms with Crippen LogP contribution in [-0.4, -0.2) is 82.4 Å². The first-order valence-electron chi connectivity index (χ1n) is 12.5. The predicted molar refractivity (Wildman–Crippen MR) is 137 cm³/mol. The maximum atomic E-state index is 13.4. The van der Waals surface area contributed by atoms with Crippen LogP contribution in [0.2, 0.25) is 0 Å². The number of nitrogens with one attached hydrogen (secondary N) is 1. The lowest BCUT2D eigenvalue weighted by molar-refractivity contribution is -0.908. The Kier molecular flexibility index (Phi) is 8.35. The summed E-state index contributed by atoms with van der Waals surface area (Å²) >= 11 is 0. The smallest absolute Gasteiger partial charge is 0.295 e. The zero-order valence-corrected chi connectivity index (χ0v) is 21.8. The molecule has 0 radical (unpaired) electrons. The minimum absolute atomic E-state index is 0.0276. The summed E-state index contributed by atoms with van der Waals surface area (Å²) in [4.78, 5) is 29.7. The summed E-state index contributed by atoms with van der Waals surface area (Å²) in [5.74, 6) is -0.0479. The minimum Gasteiger partial charge on any atom is -0.507 e. The van der Waals surface area contributed by atoms with Crippen LogP contribution < -0.4 is 19.1 Å². The van der Waals surface area contributed by atoms with Crippen LogP contribution in [0.4, 0.5) is 0 Å². The van der Waals surface area contributed by atoms with Gasteiger partial charge < -0.3 is 33.9 Å². The van der Waals surface area contributed by atoms with Crippen molar-refractivity contribution in [3.05, 3.63) is 58.7 Å². The molecular weight excluding hydrogens is 476 g/mol. The van der Waals surface area contributed by atoms with Crippen molar-refractivity contribution in [2.75, 3.05) is 60.7 Å². The average molecular weight is 512 g/mol. The number of aliphatic hydroxyl groups excluding tert-OH is 1. The van der Waals surface area contributed by atoms with Gasteiger partial charge in [-0.2, -0.15) is 0 Å². The zero-order valence-electron chi connectivity index (χ0n) is 21.8. The molecule has 0 aromatic heterocycles. The van der Waals surface area contributed by atoms with Crippen LogP contribution in [0.1, 0.15) is 29.2 Å². The molecule has 0 bridgehead atoms. The van der Waals surface area contributed by atoms with E-state index >= 15 is 0 Å². The Morgan fingerprint density at radius 3 is 2.43 bits per heavy atom. The number of para-hydroxylation sites is 1. The summed E-state index contributed by atoms with van der Waals surface area (Å²) < 4.78 is 21.9. The van der Waals surface area contributed by atoms with Crippen molar-refractivity contribution in [3.8, 4) is 17.2 Å². The van der Waals surface area contributed by atoms with Gasteiger partial charge >= 0.3 is 0 Å². The van der Waals surface area contributed by atoms with E-state index < -0.39 is 17.7 Å². The van der Waals surface area contributed by atoms with E-state index in [9.17, 15) is 14.7 Å². The summed E-state index contributed by atoms with van der Waals surface area (Å²) in [5.41, 5.74) is 1.83. The number of amides is 1. The molecule has 2 aromatic carbocycles. The first-order valence-corrected chi connectivity index (χ1v) is 12.5. The maximum absolute atomic E-state index is 13.4. The lowest BCUT2D eigenvalue weighted by Crippen LogP contribution is -3.14. The first-order chi connectivity index (χ1) is 17.9. The van der Waals surface area contributed by atoms with Crippen molar-refractivity contribution in [1.82, 2.24) is 4.90 Å². The number of nitrogens with zero attached hydrogens (tertiary/aromatic N) is 1. The number of aryl methyl sites for hydroxylation is 1. The van der Waals surface area contributed by atoms with Gasteiger partial charge in [-0.05, 0) is 36.8 Å². The van der Waals surface area contributed by atoms with Gasteiger partial charge in [-0.15, -0.1) is 0 Å². The van der Waals surface area contributed by atoms with Crippen LogP contribution in [0, 0.1) is 6.92 Å². The number of quaternary nitrogens is 1. The standard InChI is InChI=1S/C28H34N2O7/c1-18-17-19(9-10-21(18)34-2)25(31)23-24(20-7-5-8-22(35-3)27(20)36-4)30(28(33)26(23)32)12-6-11-29-13-15-37-16-14-29/h5,7-10,17,24,31H,6,11-16H2,1-4H3/p+1. The fourth-order valence-electron chi connectivity index (χ4n) is 5.15. The maximum Gasteiger partial charge on any atom is 0.295 e. The molecule has 0 saturated carbocycles. The number of benzene rings is 2. The van der Waals surface area contributed by atoms with Gasteiger partial charge in [-0.3, -0.25) is 9.59 Å². The number of carbonyl (C=O) groups is 2. The van der Waals surface area contributed by atoms with Crippen LogP contribution in [0.25, 0.3) is 5.76 Å². The van der Waals surface area contributed by atoms with Crippen LogP contribution in [0.3, 0.4) is 0 Å². The highest BCUT2D eigenvalue weighted by atomic mass is 16.5. The third kappa shape index (κ3) is 5.28. The number of aliphatic hydroxyl groups is 1. The predicted octanol–water partition coefficient (Wildman–Crippen LogP) is 1.75. The molecule has 2 aliphatic heterocycles. The van der Waals surface area contributed by atoms with Gasteiger partial charge in [0, 0.05) is 24.1 Å². The molecule has 0 spiro atoms. The average Bonchev–Trinajstić information content (AvgIpc) is 3.17. The summed E-state index contributed by atoms with van der Waals surface area (Å²) in [5, 5.41) is 11.4. The van der Waals surface area contributed by atoms with Crippen molar-refractivity contribution < 1.29 is 38.5 Å². The Morgan fingerprint density at radius 2 is 1.78 bits per heavy atom. The monoisotopic (exact) mass is 511 g/mol. The van der Waals surface area contributed by atoms with Crippen molar-refractivity contribution >= 4 is 17.4 Å². The molecule has 198 valence electrons. The largest absolute Gasteiger partial charge is 0.507 e. The van der Waals surface area contributed by atoms with E-state index in [-0.39, 0.29) is 11.3 Å². The number of hydrogen-bond acceptors (Lipinski definition) is 7. The van der Waals surface area contributed by atoms with Crippen LogP contribution in [-0.2, 0) is 14.3 Å². The van der Waals surface area contributed by atoms with Crippen molar-refractivity contribution in [2.24, 2.45) is 0 Å². The van der Waals surface area contributed by atoms with E-state index in [1.807, 2.05) is 6.92 Å². The molecule has 2 saturated heterocycles. The van der Waals surface area contributed by atoms with Gasteiger partial charge in [-0.25, -0.2) is 0 Å². The molecule has 1 atom stereocenters. The molecule has 9 nitrogen and oxygen atoms in total. The second-order valence-electron chi connectivity index (χ2n) is 9.23. The van der Waals surface area contributed by atoms with Crippen molar-refractivity contribution in [3.63, 3.8) is 0 Å². The number of ketones is 1. The quantitative estimate of drug-likeness (QED) is 0.301. The van der Waals surface area contributed by atoms with Gasteiger partial charge in [0.2, 0.25) is 0 Å². The van der Waals surface area contributed by atoms with Crippen molar-refractivity contribution in [1.29, 1.82) is 0 Å². The Labute approximate surface area is 217 Å². The Morgan fingerprint density at radius 1 is 1.05 bits per heavy atom. The third-order valence-corrected chi connectivity index (χ3v) is 7.07. The van der Waals surface area contributed by atoms with Crippen molar-refractivity contribution in [2.45, 2.75) is 19.4 Å². The first kappa shape index (κ1) is 26.5. The topological polar surface area (TPSA) is 99.0 Å². The van der Waals surface area contributed by atoms with E-state index in [1.54, 1.807) is 48.4 Å². The second-order valence-corrected chi connectivity index (χ2v) is 9.23. The van der Waals surface area contributed by atoms with E-state index in [2.05, 4.69) is 0 Å². The molecule has 2 aliphatic rings. The summed E-state index contributed by atoms with van der Waals surface area (Å²) in [6.07, 6.45) is 0.701. The van der Waals surface area contributed by atoms with E-state index in [4.69, 9.17) is 18.9 Å². The van der Waals surface area contributed by atoms with Crippen LogP contribution in [0.15, 0.2) is 42.0 Å². The number of hydrogen-bond donors (Lipinski definition) is 2. The third-order valence-electron chi connectivity index (χ3n) is 7.07. The number of Topliss-reactive ketones (excluding diaryl/α,β-unsaturated/α-hetero) is 1. The zero-order chi connectivity index (χ0) is 26.5. The molecule has 9 heteroatoms. The molecular formula is C28H35N2O7+. The molecule has 4 rings (SSSR count). The Hall–Kier alpha value is -3.56. The molecule has 2 N–H and O–H groups in total. The summed E-state index contributed by atoms with van der Waals surface area (Å²) in [6.45, 7) is 6.35. The normalized spacial score (nSPS) is 19.8. The van der Waals surface area contributed by atoms with Crippen LogP contribution in [0.5, 0.6) is 17.2 Å². The minimum atomic E-state index is -0.827. The van der Waals surface area contributed by atoms with Gasteiger partial charge in [0.25, 0.3) is 11.7 Å². The van der Waals surface area contributed by atoms with Gasteiger partial charge in [0.1, 0.15) is 24.6 Å². The highest BCUT2D eigenvalue weighted by molar-refractivity contribution is 6.46. The summed E-state index contributed by atoms with van der Waals surface area (Å²) in [7, 11) is 4.62. The van der Waals surface area contributed by atoms with Gasteiger partial charge in [0.15, 0.2) is 11.5 Å². The molecule has 0 aliphatic carbocycles. The number of carbonyl (C=O) groups excluding carboxylic acids is 2. The van der Waals surface area contributed by atoms with E-state index in [1.165, 1.54) is 19.1 Å². The highest BCUT2D eigenvalue weighted by Gasteiger charge is 2.47. The Bertz CT molecular complexity index is 1190. The molecule has 2 fully saturated rings. The van der Waals surface area contributed by atoms with E-state index in [0.717, 1.165) is 38.4 Å². The number of rotatable bonds is 9. The highest BCUT2D eigenvalue weighted by Crippen LogP contribution is 2.45. The lowest BCUT2D eigenvalue weighted by Gasteiger charge is -2.28. The molecule has 1 amide bonds. The molecule has 2 aromatic rings. The number of likely N-dealkylation sites (tertiary alicyclic amines) is 1. The van der Waals surface area contributed by atoms with Gasteiger partial charge in [-0.1, -0.05) is 12.1 Å². The number of methoxy groups -OCH3 is 3. The molecule has 1 unspecified atom stereocenters. The number of ether oxygens (including phenoxy) is 4. The number of morpholine rings is 1. The molecule has 2 heterocycles. The molecule has 37 heavy (non-hydrogen) atoms. The van der Waals surface area contributed by atoms with Crippen LogP contribution >= 0.6 is 0 Å². The fourth-order valence-corrected chi connectivity index (χ4v) is 5.15. The van der Waals surface area contributed by atoms with E-state index in [0.29, 0.717) is 41.3 Å². The SMILES string of the molecule is COc1ccc(C(O)=C2C(=O)C(=O)N(CCC[NH+]3CCOCC3)C2c2cccc(OC)c2OC)cc1C.